The highest BCUT2D eigenvalue weighted by Crippen LogP contribution is 2.32. The lowest BCUT2D eigenvalue weighted by Crippen LogP contribution is -2.15. The van der Waals surface area contributed by atoms with Gasteiger partial charge in [-0.15, -0.1) is 0 Å². The van der Waals surface area contributed by atoms with Crippen LogP contribution in [-0.2, 0) is 11.3 Å². The van der Waals surface area contributed by atoms with E-state index in [1.165, 1.54) is 0 Å². The summed E-state index contributed by atoms with van der Waals surface area (Å²) in [5.74, 6) is 0.629. The minimum Gasteiger partial charge on any atom is -0.487 e. The van der Waals surface area contributed by atoms with E-state index in [0.717, 1.165) is 28.5 Å². The van der Waals surface area contributed by atoms with Gasteiger partial charge in [0.25, 0.3) is 5.91 Å². The summed E-state index contributed by atoms with van der Waals surface area (Å²) in [7, 11) is 1.67. The molecule has 1 atom stereocenters. The van der Waals surface area contributed by atoms with Crippen molar-refractivity contribution in [2.45, 2.75) is 26.1 Å². The molecule has 0 aliphatic heterocycles. The van der Waals surface area contributed by atoms with Crippen molar-refractivity contribution in [2.24, 2.45) is 5.73 Å². The number of carbonyl (C=O) groups excluding carboxylic acids is 1. The number of rotatable bonds is 10. The molecule has 34 heavy (non-hydrogen) atoms. The van der Waals surface area contributed by atoms with Crippen LogP contribution >= 0.6 is 0 Å². The first-order valence-corrected chi connectivity index (χ1v) is 10.9. The third-order valence-electron chi connectivity index (χ3n) is 5.32. The minimum absolute atomic E-state index is 0.0000565. The summed E-state index contributed by atoms with van der Waals surface area (Å²) >= 11 is 0. The smallest absolute Gasteiger partial charge is 0.250 e. The third kappa shape index (κ3) is 5.47. The van der Waals surface area contributed by atoms with Gasteiger partial charge in [0.05, 0.1) is 22.9 Å². The lowest BCUT2D eigenvalue weighted by atomic mass is 10.0. The molecule has 174 valence electrons. The summed E-state index contributed by atoms with van der Waals surface area (Å²) in [5, 5.41) is 0.850. The third-order valence-corrected chi connectivity index (χ3v) is 5.32. The maximum atomic E-state index is 11.7. The molecule has 1 unspecified atom stereocenters. The predicted molar refractivity (Wildman–Crippen MR) is 129 cm³/mol. The Kier molecular flexibility index (Phi) is 7.29. The first-order valence-electron chi connectivity index (χ1n) is 10.9. The van der Waals surface area contributed by atoms with Gasteiger partial charge in [-0.3, -0.25) is 14.8 Å². The average molecular weight is 459 g/mol. The fourth-order valence-electron chi connectivity index (χ4n) is 3.53. The molecule has 0 aliphatic rings. The molecule has 4 rings (SSSR count). The van der Waals surface area contributed by atoms with Gasteiger partial charge in [-0.2, -0.15) is 0 Å². The van der Waals surface area contributed by atoms with Crippen LogP contribution in [0.4, 0.5) is 0 Å². The van der Waals surface area contributed by atoms with Crippen LogP contribution in [-0.4, -0.2) is 40.7 Å². The Hall–Kier alpha value is -4.04. The second-order valence-corrected chi connectivity index (χ2v) is 7.79. The average Bonchev–Trinajstić information content (AvgIpc) is 2.86. The Labute approximate surface area is 197 Å². The number of amides is 1. The number of pyridine rings is 3. The molecular formula is C26H26N4O4. The van der Waals surface area contributed by atoms with Crippen molar-refractivity contribution in [3.8, 4) is 22.8 Å². The topological polar surface area (TPSA) is 109 Å². The molecule has 0 aliphatic carbocycles. The van der Waals surface area contributed by atoms with E-state index >= 15 is 0 Å². The second-order valence-electron chi connectivity index (χ2n) is 7.79. The zero-order valence-electron chi connectivity index (χ0n) is 19.1. The molecule has 0 fully saturated rings. The molecule has 0 saturated heterocycles. The summed E-state index contributed by atoms with van der Waals surface area (Å²) in [4.78, 5) is 24.9. The van der Waals surface area contributed by atoms with E-state index in [1.54, 1.807) is 37.8 Å². The fraction of sp³-hybridized carbons (Fsp3) is 0.231. The molecule has 0 radical (unpaired) electrons. The summed E-state index contributed by atoms with van der Waals surface area (Å²) in [6.45, 7) is 2.71. The normalized spacial score (nSPS) is 11.8. The Balaban J connectivity index is 1.60. The van der Waals surface area contributed by atoms with Crippen LogP contribution in [0.5, 0.6) is 11.6 Å². The number of carbonyl (C=O) groups is 1. The largest absolute Gasteiger partial charge is 0.487 e. The molecule has 2 N–H and O–H groups in total. The number of nitrogens with two attached hydrogens (primary N) is 1. The number of benzene rings is 1. The summed E-state index contributed by atoms with van der Waals surface area (Å²) in [6, 6.07) is 14.8. The molecule has 0 spiro atoms. The molecule has 3 heterocycles. The number of aromatic nitrogens is 3. The van der Waals surface area contributed by atoms with Crippen LogP contribution in [0.2, 0.25) is 0 Å². The Morgan fingerprint density at radius 1 is 1.03 bits per heavy atom. The van der Waals surface area contributed by atoms with Gasteiger partial charge in [-0.25, -0.2) is 4.98 Å². The van der Waals surface area contributed by atoms with Crippen molar-refractivity contribution in [3.63, 3.8) is 0 Å². The zero-order chi connectivity index (χ0) is 23.9. The molecule has 0 bridgehead atoms. The second kappa shape index (κ2) is 10.7. The van der Waals surface area contributed by atoms with E-state index in [2.05, 4.69) is 15.0 Å². The molecular weight excluding hydrogens is 432 g/mol. The molecule has 3 aromatic heterocycles. The van der Waals surface area contributed by atoms with Gasteiger partial charge in [-0.1, -0.05) is 0 Å². The van der Waals surface area contributed by atoms with Crippen molar-refractivity contribution in [2.75, 3.05) is 13.7 Å². The highest BCUT2D eigenvalue weighted by atomic mass is 16.5. The van der Waals surface area contributed by atoms with Crippen LogP contribution in [0.1, 0.15) is 29.4 Å². The van der Waals surface area contributed by atoms with E-state index in [4.69, 9.17) is 19.9 Å². The van der Waals surface area contributed by atoms with Gasteiger partial charge in [0.2, 0.25) is 5.88 Å². The molecule has 4 aromatic rings. The van der Waals surface area contributed by atoms with Gasteiger partial charge in [-0.05, 0) is 55.0 Å². The number of hydrogen-bond donors (Lipinski definition) is 1. The maximum absolute atomic E-state index is 11.7. The van der Waals surface area contributed by atoms with Crippen LogP contribution < -0.4 is 15.2 Å². The van der Waals surface area contributed by atoms with Gasteiger partial charge in [0.1, 0.15) is 12.4 Å². The van der Waals surface area contributed by atoms with Crippen LogP contribution in [0.15, 0.2) is 67.1 Å². The highest BCUT2D eigenvalue weighted by Gasteiger charge is 2.13. The molecule has 0 saturated carbocycles. The molecule has 1 amide bonds. The van der Waals surface area contributed by atoms with Gasteiger partial charge in [0.15, 0.2) is 0 Å². The zero-order valence-corrected chi connectivity index (χ0v) is 19.1. The Morgan fingerprint density at radius 3 is 2.62 bits per heavy atom. The van der Waals surface area contributed by atoms with E-state index in [9.17, 15) is 4.79 Å². The molecule has 8 heteroatoms. The summed E-state index contributed by atoms with van der Waals surface area (Å²) in [5.41, 5.74) is 8.84. The number of primary amides is 1. The lowest BCUT2D eigenvalue weighted by Gasteiger charge is -2.14. The first-order chi connectivity index (χ1) is 16.5. The number of fused-ring (bicyclic) bond motifs is 1. The predicted octanol–water partition coefficient (Wildman–Crippen LogP) is 4.17. The quantitative estimate of drug-likeness (QED) is 0.380. The summed E-state index contributed by atoms with van der Waals surface area (Å²) < 4.78 is 17.0. The maximum Gasteiger partial charge on any atom is 0.250 e. The standard InChI is InChI=1S/C26H26N4O4/c1-17(9-12-32-2)34-25-8-7-18(15-30-25)19-13-22-20(5-3-10-28-22)24(14-19)33-16-23-21(26(27)31)6-4-11-29-23/h3-8,10-11,13-15,17H,9,12,16H2,1-2H3,(H2,27,31). The molecule has 1 aromatic carbocycles. The van der Waals surface area contributed by atoms with Crippen LogP contribution in [0.3, 0.4) is 0 Å². The Morgan fingerprint density at radius 2 is 1.85 bits per heavy atom. The number of hydrogen-bond acceptors (Lipinski definition) is 7. The SMILES string of the molecule is COCCC(C)Oc1ccc(-c2cc(OCc3ncccc3C(N)=O)c3cccnc3c2)cn1. The van der Waals surface area contributed by atoms with Gasteiger partial charge >= 0.3 is 0 Å². The van der Waals surface area contributed by atoms with E-state index in [-0.39, 0.29) is 12.7 Å². The van der Waals surface area contributed by atoms with Crippen molar-refractivity contribution >= 4 is 16.8 Å². The van der Waals surface area contributed by atoms with Crippen molar-refractivity contribution in [3.05, 3.63) is 78.4 Å². The fourth-order valence-corrected chi connectivity index (χ4v) is 3.53. The van der Waals surface area contributed by atoms with Crippen molar-refractivity contribution in [1.29, 1.82) is 0 Å². The minimum atomic E-state index is -0.545. The van der Waals surface area contributed by atoms with Crippen LogP contribution in [0, 0.1) is 0 Å². The van der Waals surface area contributed by atoms with Crippen LogP contribution in [0.25, 0.3) is 22.0 Å². The van der Waals surface area contributed by atoms with Gasteiger partial charge in [0, 0.05) is 55.7 Å². The van der Waals surface area contributed by atoms with Gasteiger partial charge < -0.3 is 19.9 Å². The van der Waals surface area contributed by atoms with E-state index < -0.39 is 5.91 Å². The van der Waals surface area contributed by atoms with Crippen molar-refractivity contribution in [1.82, 2.24) is 15.0 Å². The van der Waals surface area contributed by atoms with E-state index in [1.807, 2.05) is 43.3 Å². The summed E-state index contributed by atoms with van der Waals surface area (Å²) in [6.07, 6.45) is 5.88. The number of nitrogens with zero attached hydrogens (tertiary/aromatic N) is 3. The Bertz CT molecular complexity index is 1280. The number of ether oxygens (including phenoxy) is 3. The highest BCUT2D eigenvalue weighted by molar-refractivity contribution is 5.94. The van der Waals surface area contributed by atoms with Crippen molar-refractivity contribution < 1.29 is 19.0 Å². The van der Waals surface area contributed by atoms with E-state index in [0.29, 0.717) is 29.5 Å². The monoisotopic (exact) mass is 458 g/mol. The molecule has 8 nitrogen and oxygen atoms in total. The first kappa shape index (κ1) is 23.1. The number of methoxy groups -OCH3 is 1. The lowest BCUT2D eigenvalue weighted by molar-refractivity contribution is 0.0997.